The number of likely N-dealkylation sites (N-methyl/N-ethyl adjacent to an activating group) is 1. The van der Waals surface area contributed by atoms with E-state index in [0.29, 0.717) is 19.6 Å². The fraction of sp³-hybridized carbons (Fsp3) is 0.400. The molecule has 1 aromatic heterocycles. The smallest absolute Gasteiger partial charge is 0.240 e. The normalized spacial score (nSPS) is 15.6. The summed E-state index contributed by atoms with van der Waals surface area (Å²) < 4.78 is 5.47. The number of amides is 1. The van der Waals surface area contributed by atoms with Crippen molar-refractivity contribution in [1.82, 2.24) is 19.8 Å². The van der Waals surface area contributed by atoms with Crippen LogP contribution in [0, 0.1) is 0 Å². The largest absolute Gasteiger partial charge is 0.379 e. The van der Waals surface area contributed by atoms with Gasteiger partial charge in [-0.15, -0.1) is 0 Å². The van der Waals surface area contributed by atoms with E-state index in [1.807, 2.05) is 73.3 Å². The van der Waals surface area contributed by atoms with E-state index < -0.39 is 0 Å². The van der Waals surface area contributed by atoms with Gasteiger partial charge in [0, 0.05) is 31.6 Å². The molecular weight excluding hydrogens is 420 g/mol. The number of ether oxygens (including phenoxy) is 1. The molecule has 32 heavy (non-hydrogen) atoms. The summed E-state index contributed by atoms with van der Waals surface area (Å²) in [6.45, 7) is 9.34. The van der Waals surface area contributed by atoms with Gasteiger partial charge in [0.25, 0.3) is 0 Å². The summed E-state index contributed by atoms with van der Waals surface area (Å²) in [5, 5.41) is 1.48. The van der Waals surface area contributed by atoms with Gasteiger partial charge in [0.1, 0.15) is 16.1 Å². The van der Waals surface area contributed by atoms with Gasteiger partial charge in [0.15, 0.2) is 0 Å². The van der Waals surface area contributed by atoms with Crippen molar-refractivity contribution < 1.29 is 9.53 Å². The van der Waals surface area contributed by atoms with Gasteiger partial charge in [-0.25, -0.2) is 9.97 Å². The zero-order valence-electron chi connectivity index (χ0n) is 18.7. The van der Waals surface area contributed by atoms with Crippen molar-refractivity contribution in [3.05, 3.63) is 66.0 Å². The van der Waals surface area contributed by atoms with Crippen molar-refractivity contribution >= 4 is 28.6 Å². The van der Waals surface area contributed by atoms with Crippen molar-refractivity contribution in [2.75, 3.05) is 39.4 Å². The molecule has 2 heterocycles. The summed E-state index contributed by atoms with van der Waals surface area (Å²) in [5.41, 5.74) is 1.90. The van der Waals surface area contributed by atoms with Gasteiger partial charge in [-0.1, -0.05) is 60.3 Å². The molecule has 168 valence electrons. The molecule has 3 aromatic rings. The number of hydrogen-bond acceptors (Lipinski definition) is 6. The highest BCUT2D eigenvalue weighted by Gasteiger charge is 2.27. The van der Waals surface area contributed by atoms with Crippen LogP contribution in [0.5, 0.6) is 0 Å². The SMILES string of the molecule is CCN(CC)C(=O)C(Sc1nc(CN2CCOCC2)nc2ccccc12)c1ccccc1. The van der Waals surface area contributed by atoms with Crippen LogP contribution in [0.2, 0.25) is 0 Å². The number of aromatic nitrogens is 2. The molecule has 1 amide bonds. The Morgan fingerprint density at radius 3 is 2.44 bits per heavy atom. The standard InChI is InChI=1S/C25H30N4O2S/c1-3-29(4-2)25(30)23(19-10-6-5-7-11-19)32-24-20-12-8-9-13-21(20)26-22(27-24)18-28-14-16-31-17-15-28/h5-13,23H,3-4,14-18H2,1-2H3. The second-order valence-corrected chi connectivity index (χ2v) is 8.86. The Balaban J connectivity index is 1.71. The lowest BCUT2D eigenvalue weighted by Crippen LogP contribution is -2.36. The summed E-state index contributed by atoms with van der Waals surface area (Å²) in [7, 11) is 0. The minimum Gasteiger partial charge on any atom is -0.379 e. The summed E-state index contributed by atoms with van der Waals surface area (Å²) in [6.07, 6.45) is 0. The molecule has 0 spiro atoms. The molecule has 0 bridgehead atoms. The Morgan fingerprint density at radius 1 is 1.03 bits per heavy atom. The lowest BCUT2D eigenvalue weighted by atomic mass is 10.1. The van der Waals surface area contributed by atoms with Gasteiger partial charge in [-0.05, 0) is 25.5 Å². The highest BCUT2D eigenvalue weighted by Crippen LogP contribution is 2.38. The van der Waals surface area contributed by atoms with E-state index in [1.54, 1.807) is 0 Å². The van der Waals surface area contributed by atoms with Crippen LogP contribution in [0.3, 0.4) is 0 Å². The molecular formula is C25H30N4O2S. The Morgan fingerprint density at radius 2 is 1.72 bits per heavy atom. The van der Waals surface area contributed by atoms with Crippen molar-refractivity contribution in [3.8, 4) is 0 Å². The van der Waals surface area contributed by atoms with Crippen molar-refractivity contribution in [2.24, 2.45) is 0 Å². The lowest BCUT2D eigenvalue weighted by molar-refractivity contribution is -0.130. The number of para-hydroxylation sites is 1. The Labute approximate surface area is 194 Å². The molecule has 1 saturated heterocycles. The first-order valence-corrected chi connectivity index (χ1v) is 12.1. The van der Waals surface area contributed by atoms with E-state index in [0.717, 1.165) is 53.6 Å². The Hall–Kier alpha value is -2.48. The third kappa shape index (κ3) is 5.28. The van der Waals surface area contributed by atoms with E-state index in [9.17, 15) is 4.79 Å². The molecule has 1 aliphatic rings. The van der Waals surface area contributed by atoms with Crippen molar-refractivity contribution in [2.45, 2.75) is 30.7 Å². The molecule has 1 atom stereocenters. The number of benzene rings is 2. The summed E-state index contributed by atoms with van der Waals surface area (Å²) >= 11 is 1.53. The van der Waals surface area contributed by atoms with E-state index >= 15 is 0 Å². The van der Waals surface area contributed by atoms with Gasteiger partial charge < -0.3 is 9.64 Å². The zero-order chi connectivity index (χ0) is 22.3. The second kappa shape index (κ2) is 10.9. The molecule has 0 N–H and O–H groups in total. The van der Waals surface area contributed by atoms with Crippen LogP contribution in [-0.2, 0) is 16.1 Å². The molecule has 1 fully saturated rings. The Bertz CT molecular complexity index is 1040. The Kier molecular flexibility index (Phi) is 7.73. The number of carbonyl (C=O) groups excluding carboxylic acids is 1. The fourth-order valence-corrected chi connectivity index (χ4v) is 5.14. The molecule has 0 radical (unpaired) electrons. The molecule has 1 unspecified atom stereocenters. The third-order valence-electron chi connectivity index (χ3n) is 5.71. The summed E-state index contributed by atoms with van der Waals surface area (Å²) in [6, 6.07) is 18.1. The second-order valence-electron chi connectivity index (χ2n) is 7.77. The van der Waals surface area contributed by atoms with Crippen molar-refractivity contribution in [1.29, 1.82) is 0 Å². The van der Waals surface area contributed by atoms with Crippen LogP contribution >= 0.6 is 11.8 Å². The van der Waals surface area contributed by atoms with Gasteiger partial charge in [0.2, 0.25) is 5.91 Å². The third-order valence-corrected chi connectivity index (χ3v) is 6.96. The molecule has 0 saturated carbocycles. The molecule has 4 rings (SSSR count). The summed E-state index contributed by atoms with van der Waals surface area (Å²) in [5.74, 6) is 0.902. The maximum Gasteiger partial charge on any atom is 0.240 e. The highest BCUT2D eigenvalue weighted by molar-refractivity contribution is 8.00. The van der Waals surface area contributed by atoms with E-state index in [1.165, 1.54) is 11.8 Å². The molecule has 7 heteroatoms. The first kappa shape index (κ1) is 22.7. The number of nitrogens with zero attached hydrogens (tertiary/aromatic N) is 4. The van der Waals surface area contributed by atoms with Gasteiger partial charge >= 0.3 is 0 Å². The minimum absolute atomic E-state index is 0.114. The number of morpholine rings is 1. The van der Waals surface area contributed by atoms with Crippen LogP contribution in [0.15, 0.2) is 59.6 Å². The predicted octanol–water partition coefficient (Wildman–Crippen LogP) is 4.16. The van der Waals surface area contributed by atoms with E-state index in [2.05, 4.69) is 4.90 Å². The van der Waals surface area contributed by atoms with Gasteiger partial charge in [-0.2, -0.15) is 0 Å². The zero-order valence-corrected chi connectivity index (χ0v) is 19.6. The van der Waals surface area contributed by atoms with Crippen molar-refractivity contribution in [3.63, 3.8) is 0 Å². The monoisotopic (exact) mass is 450 g/mol. The van der Waals surface area contributed by atoms with E-state index in [-0.39, 0.29) is 11.2 Å². The van der Waals surface area contributed by atoms with Crippen LogP contribution in [0.4, 0.5) is 0 Å². The predicted molar refractivity (Wildman–Crippen MR) is 129 cm³/mol. The van der Waals surface area contributed by atoms with Gasteiger partial charge in [-0.3, -0.25) is 9.69 Å². The molecule has 0 aliphatic carbocycles. The number of thioether (sulfide) groups is 1. The van der Waals surface area contributed by atoms with Crippen LogP contribution in [-0.4, -0.2) is 65.1 Å². The highest BCUT2D eigenvalue weighted by atomic mass is 32.2. The van der Waals surface area contributed by atoms with E-state index in [4.69, 9.17) is 14.7 Å². The maximum absolute atomic E-state index is 13.5. The average Bonchev–Trinajstić information content (AvgIpc) is 2.84. The maximum atomic E-state index is 13.5. The quantitative estimate of drug-likeness (QED) is 0.379. The first-order chi connectivity index (χ1) is 15.7. The number of rotatable bonds is 8. The van der Waals surface area contributed by atoms with Crippen LogP contribution in [0.25, 0.3) is 10.9 Å². The van der Waals surface area contributed by atoms with Crippen LogP contribution in [0.1, 0.15) is 30.5 Å². The number of hydrogen-bond donors (Lipinski definition) is 0. The molecule has 2 aromatic carbocycles. The number of fused-ring (bicyclic) bond motifs is 1. The average molecular weight is 451 g/mol. The molecule has 1 aliphatic heterocycles. The molecule has 6 nitrogen and oxygen atoms in total. The summed E-state index contributed by atoms with van der Waals surface area (Å²) in [4.78, 5) is 27.5. The minimum atomic E-state index is -0.356. The fourth-order valence-electron chi connectivity index (χ4n) is 3.91. The topological polar surface area (TPSA) is 58.6 Å². The lowest BCUT2D eigenvalue weighted by Gasteiger charge is -2.27. The van der Waals surface area contributed by atoms with Crippen LogP contribution < -0.4 is 0 Å². The first-order valence-electron chi connectivity index (χ1n) is 11.3. The number of carbonyl (C=O) groups is 1. The van der Waals surface area contributed by atoms with Gasteiger partial charge in [0.05, 0.1) is 25.3 Å².